The predicted octanol–water partition coefficient (Wildman–Crippen LogP) is 2.24. The lowest BCUT2D eigenvalue weighted by molar-refractivity contribution is -0.128. The molecule has 0 bridgehead atoms. The van der Waals surface area contributed by atoms with Crippen molar-refractivity contribution in [2.24, 2.45) is 0 Å². The van der Waals surface area contributed by atoms with Crippen molar-refractivity contribution in [2.45, 2.75) is 32.2 Å². The third-order valence-corrected chi connectivity index (χ3v) is 4.67. The average Bonchev–Trinajstić information content (AvgIpc) is 3.08. The second-order valence-corrected chi connectivity index (χ2v) is 6.44. The van der Waals surface area contributed by atoms with Gasteiger partial charge in [-0.1, -0.05) is 6.07 Å². The molecule has 23 heavy (non-hydrogen) atoms. The van der Waals surface area contributed by atoms with E-state index in [0.29, 0.717) is 0 Å². The summed E-state index contributed by atoms with van der Waals surface area (Å²) in [6.07, 6.45) is 5.15. The Morgan fingerprint density at radius 1 is 1.22 bits per heavy atom. The van der Waals surface area contributed by atoms with Crippen LogP contribution in [0.5, 0.6) is 0 Å². The highest BCUT2D eigenvalue weighted by Crippen LogP contribution is 2.31. The van der Waals surface area contributed by atoms with Crippen molar-refractivity contribution in [1.29, 1.82) is 0 Å². The fourth-order valence-electron chi connectivity index (χ4n) is 3.48. The molecule has 5 heteroatoms. The standard InChI is InChI=1S/C18H24N4O/c1-14-11-15(2)13-16(12-14)21(3)17(23)18(5-8-19-9-6-18)22-10-4-7-20-22/h4,7,10-13,19H,5-6,8-9H2,1-3H3. The topological polar surface area (TPSA) is 50.2 Å². The van der Waals surface area contributed by atoms with Crippen molar-refractivity contribution >= 4 is 11.6 Å². The van der Waals surface area contributed by atoms with Crippen LogP contribution >= 0.6 is 0 Å². The Hall–Kier alpha value is -2.14. The molecule has 0 spiro atoms. The quantitative estimate of drug-likeness (QED) is 0.945. The van der Waals surface area contributed by atoms with Gasteiger partial charge in [0.1, 0.15) is 5.54 Å². The number of likely N-dealkylation sites (N-methyl/N-ethyl adjacent to an activating group) is 1. The number of nitrogens with one attached hydrogen (secondary N) is 1. The summed E-state index contributed by atoms with van der Waals surface area (Å²) in [4.78, 5) is 15.2. The van der Waals surface area contributed by atoms with Gasteiger partial charge >= 0.3 is 0 Å². The molecule has 3 rings (SSSR count). The Kier molecular flexibility index (Phi) is 4.22. The summed E-state index contributed by atoms with van der Waals surface area (Å²) in [5.41, 5.74) is 2.68. The summed E-state index contributed by atoms with van der Waals surface area (Å²) in [6.45, 7) is 5.77. The maximum absolute atomic E-state index is 13.4. The molecule has 2 aromatic rings. The number of nitrogens with zero attached hydrogens (tertiary/aromatic N) is 3. The number of benzene rings is 1. The third kappa shape index (κ3) is 2.88. The van der Waals surface area contributed by atoms with Crippen LogP contribution in [0.4, 0.5) is 5.69 Å². The van der Waals surface area contributed by atoms with Crippen LogP contribution in [0.2, 0.25) is 0 Å². The molecular formula is C18H24N4O. The van der Waals surface area contributed by atoms with Gasteiger partial charge < -0.3 is 10.2 Å². The van der Waals surface area contributed by atoms with Crippen LogP contribution in [-0.4, -0.2) is 35.8 Å². The van der Waals surface area contributed by atoms with Gasteiger partial charge in [0, 0.05) is 25.1 Å². The van der Waals surface area contributed by atoms with Crippen molar-refractivity contribution in [3.05, 3.63) is 47.8 Å². The van der Waals surface area contributed by atoms with E-state index in [0.717, 1.165) is 42.7 Å². The molecular weight excluding hydrogens is 288 g/mol. The van der Waals surface area contributed by atoms with Crippen LogP contribution in [0, 0.1) is 13.8 Å². The highest BCUT2D eigenvalue weighted by molar-refractivity contribution is 5.98. The first-order valence-electron chi connectivity index (χ1n) is 8.10. The molecule has 1 aliphatic rings. The number of piperidine rings is 1. The van der Waals surface area contributed by atoms with Crippen molar-refractivity contribution in [3.63, 3.8) is 0 Å². The van der Waals surface area contributed by atoms with E-state index in [1.54, 1.807) is 11.1 Å². The molecule has 0 unspecified atom stereocenters. The number of carbonyl (C=O) groups is 1. The zero-order valence-corrected chi connectivity index (χ0v) is 14.0. The number of hydrogen-bond donors (Lipinski definition) is 1. The van der Waals surface area contributed by atoms with Crippen LogP contribution in [0.15, 0.2) is 36.7 Å². The second-order valence-electron chi connectivity index (χ2n) is 6.44. The molecule has 2 heterocycles. The largest absolute Gasteiger partial charge is 0.317 e. The first-order valence-corrected chi connectivity index (χ1v) is 8.10. The van der Waals surface area contributed by atoms with Crippen LogP contribution < -0.4 is 10.2 Å². The Balaban J connectivity index is 1.98. The Morgan fingerprint density at radius 3 is 2.43 bits per heavy atom. The average molecular weight is 312 g/mol. The molecule has 1 fully saturated rings. The van der Waals surface area contributed by atoms with Crippen molar-refractivity contribution in [2.75, 3.05) is 25.0 Å². The molecule has 0 radical (unpaired) electrons. The van der Waals surface area contributed by atoms with Gasteiger partial charge in [-0.15, -0.1) is 0 Å². The van der Waals surface area contributed by atoms with E-state index in [1.165, 1.54) is 0 Å². The molecule has 1 aromatic carbocycles. The SMILES string of the molecule is Cc1cc(C)cc(N(C)C(=O)C2(n3cccn3)CCNCC2)c1. The molecule has 0 saturated carbocycles. The number of rotatable bonds is 3. The Labute approximate surface area is 137 Å². The molecule has 1 aliphatic heterocycles. The van der Waals surface area contributed by atoms with E-state index in [2.05, 4.69) is 42.5 Å². The number of aromatic nitrogens is 2. The summed E-state index contributed by atoms with van der Waals surface area (Å²) >= 11 is 0. The fraction of sp³-hybridized carbons (Fsp3) is 0.444. The summed E-state index contributed by atoms with van der Waals surface area (Å²) < 4.78 is 1.84. The van der Waals surface area contributed by atoms with Crippen molar-refractivity contribution < 1.29 is 4.79 Å². The van der Waals surface area contributed by atoms with Crippen LogP contribution in [0.1, 0.15) is 24.0 Å². The fourth-order valence-corrected chi connectivity index (χ4v) is 3.48. The highest BCUT2D eigenvalue weighted by atomic mass is 16.2. The minimum atomic E-state index is -0.596. The maximum atomic E-state index is 13.4. The Morgan fingerprint density at radius 2 is 1.87 bits per heavy atom. The molecule has 0 atom stereocenters. The first-order chi connectivity index (χ1) is 11.0. The van der Waals surface area contributed by atoms with E-state index < -0.39 is 5.54 Å². The van der Waals surface area contributed by atoms with Gasteiger partial charge in [0.15, 0.2) is 0 Å². The van der Waals surface area contributed by atoms with Crippen molar-refractivity contribution in [3.8, 4) is 0 Å². The minimum Gasteiger partial charge on any atom is -0.317 e. The first kappa shape index (κ1) is 15.7. The lowest BCUT2D eigenvalue weighted by atomic mass is 9.86. The van der Waals surface area contributed by atoms with Gasteiger partial charge in [-0.05, 0) is 69.1 Å². The second kappa shape index (κ2) is 6.16. The molecule has 122 valence electrons. The zero-order chi connectivity index (χ0) is 16.4. The summed E-state index contributed by atoms with van der Waals surface area (Å²) in [7, 11) is 1.86. The smallest absolute Gasteiger partial charge is 0.254 e. The molecule has 1 N–H and O–H groups in total. The summed E-state index contributed by atoms with van der Waals surface area (Å²) in [5, 5.41) is 7.73. The monoisotopic (exact) mass is 312 g/mol. The molecule has 1 saturated heterocycles. The minimum absolute atomic E-state index is 0.104. The summed E-state index contributed by atoms with van der Waals surface area (Å²) in [6, 6.07) is 8.12. The van der Waals surface area contributed by atoms with Crippen LogP contribution in [-0.2, 0) is 10.3 Å². The third-order valence-electron chi connectivity index (χ3n) is 4.67. The van der Waals surface area contributed by atoms with Crippen LogP contribution in [0.25, 0.3) is 0 Å². The molecule has 1 amide bonds. The van der Waals surface area contributed by atoms with Gasteiger partial charge in [-0.3, -0.25) is 9.48 Å². The highest BCUT2D eigenvalue weighted by Gasteiger charge is 2.44. The lowest BCUT2D eigenvalue weighted by Gasteiger charge is -2.39. The van der Waals surface area contributed by atoms with E-state index in [1.807, 2.05) is 24.0 Å². The number of hydrogen-bond acceptors (Lipinski definition) is 3. The van der Waals surface area contributed by atoms with Gasteiger partial charge in [-0.25, -0.2) is 0 Å². The Bertz CT molecular complexity index is 667. The molecule has 5 nitrogen and oxygen atoms in total. The van der Waals surface area contributed by atoms with E-state index in [-0.39, 0.29) is 5.91 Å². The van der Waals surface area contributed by atoms with E-state index in [9.17, 15) is 4.79 Å². The molecule has 1 aromatic heterocycles. The maximum Gasteiger partial charge on any atom is 0.254 e. The van der Waals surface area contributed by atoms with E-state index in [4.69, 9.17) is 0 Å². The van der Waals surface area contributed by atoms with Gasteiger partial charge in [0.25, 0.3) is 5.91 Å². The van der Waals surface area contributed by atoms with Crippen molar-refractivity contribution in [1.82, 2.24) is 15.1 Å². The number of amides is 1. The number of carbonyl (C=O) groups excluding carboxylic acids is 1. The normalized spacial score (nSPS) is 17.0. The van der Waals surface area contributed by atoms with Gasteiger partial charge in [-0.2, -0.15) is 5.10 Å². The van der Waals surface area contributed by atoms with Gasteiger partial charge in [0.2, 0.25) is 0 Å². The molecule has 0 aliphatic carbocycles. The zero-order valence-electron chi connectivity index (χ0n) is 14.0. The predicted molar refractivity (Wildman–Crippen MR) is 91.6 cm³/mol. The number of anilines is 1. The lowest BCUT2D eigenvalue weighted by Crippen LogP contribution is -2.55. The van der Waals surface area contributed by atoms with E-state index >= 15 is 0 Å². The van der Waals surface area contributed by atoms with Gasteiger partial charge in [0.05, 0.1) is 0 Å². The summed E-state index contributed by atoms with van der Waals surface area (Å²) in [5.74, 6) is 0.104. The number of aryl methyl sites for hydroxylation is 2. The van der Waals surface area contributed by atoms with Crippen LogP contribution in [0.3, 0.4) is 0 Å².